The number of unbranched alkanes of at least 4 members (excludes halogenated alkanes) is 7. The van der Waals surface area contributed by atoms with Gasteiger partial charge >= 0.3 is 11.9 Å². The van der Waals surface area contributed by atoms with E-state index >= 15 is 0 Å². The van der Waals surface area contributed by atoms with Crippen molar-refractivity contribution < 1.29 is 28.9 Å². The topological polar surface area (TPSA) is 94.4 Å². The lowest BCUT2D eigenvalue weighted by molar-refractivity contribution is -0.137. The number of phenolic OH excluding ortho intramolecular Hbond substituents is 1. The first-order valence-electron chi connectivity index (χ1n) is 16.2. The molecule has 0 saturated heterocycles. The van der Waals surface area contributed by atoms with Crippen LogP contribution in [0.25, 0.3) is 0 Å². The van der Waals surface area contributed by atoms with Crippen LogP contribution in [-0.4, -0.2) is 36.5 Å². The highest BCUT2D eigenvalue weighted by Crippen LogP contribution is 2.34. The second kappa shape index (κ2) is 18.4. The van der Waals surface area contributed by atoms with Crippen LogP contribution in [0.5, 0.6) is 17.2 Å². The SMILES string of the molecule is C=CC(=O)OCCCCCCCCCCOc1ccc(C(=O)Oc2ccc(C=Nc3ccc(C4CCCC4)cc3)c(O)c2)cc1. The molecular weight excluding hydrogens is 566 g/mol. The van der Waals surface area contributed by atoms with E-state index in [1.54, 1.807) is 42.6 Å². The highest BCUT2D eigenvalue weighted by molar-refractivity contribution is 5.91. The Balaban J connectivity index is 1.11. The van der Waals surface area contributed by atoms with Crippen molar-refractivity contribution in [3.8, 4) is 17.2 Å². The van der Waals surface area contributed by atoms with Gasteiger partial charge in [-0.3, -0.25) is 4.99 Å². The molecule has 0 unspecified atom stereocenters. The maximum absolute atomic E-state index is 12.7. The number of benzene rings is 3. The Bertz CT molecular complexity index is 1390. The molecule has 3 aromatic rings. The largest absolute Gasteiger partial charge is 0.507 e. The molecule has 45 heavy (non-hydrogen) atoms. The van der Waals surface area contributed by atoms with Gasteiger partial charge in [0.25, 0.3) is 0 Å². The minimum Gasteiger partial charge on any atom is -0.507 e. The van der Waals surface area contributed by atoms with Crippen LogP contribution in [0.2, 0.25) is 0 Å². The number of nitrogens with zero attached hydrogens (tertiary/aromatic N) is 1. The fourth-order valence-corrected chi connectivity index (χ4v) is 5.47. The van der Waals surface area contributed by atoms with Crippen LogP contribution in [0.3, 0.4) is 0 Å². The van der Waals surface area contributed by atoms with Crippen molar-refractivity contribution in [1.29, 1.82) is 0 Å². The molecule has 0 atom stereocenters. The molecule has 0 bridgehead atoms. The first kappa shape index (κ1) is 33.5. The number of rotatable bonds is 18. The number of aromatic hydroxyl groups is 1. The summed E-state index contributed by atoms with van der Waals surface area (Å²) in [6.45, 7) is 4.47. The van der Waals surface area contributed by atoms with Crippen LogP contribution in [0.15, 0.2) is 84.4 Å². The Morgan fingerprint density at radius 1 is 0.800 bits per heavy atom. The summed E-state index contributed by atoms with van der Waals surface area (Å²) in [6, 6.07) is 19.9. The van der Waals surface area contributed by atoms with Gasteiger partial charge in [-0.15, -0.1) is 0 Å². The van der Waals surface area contributed by atoms with Crippen molar-refractivity contribution in [3.63, 3.8) is 0 Å². The number of hydrogen-bond donors (Lipinski definition) is 1. The van der Waals surface area contributed by atoms with E-state index in [1.807, 2.05) is 12.1 Å². The lowest BCUT2D eigenvalue weighted by atomic mass is 9.98. The maximum atomic E-state index is 12.7. The fourth-order valence-electron chi connectivity index (χ4n) is 5.47. The van der Waals surface area contributed by atoms with Gasteiger partial charge in [0.05, 0.1) is 24.5 Å². The van der Waals surface area contributed by atoms with Gasteiger partial charge in [-0.1, -0.05) is 70.1 Å². The number of ether oxygens (including phenoxy) is 3. The number of esters is 2. The van der Waals surface area contributed by atoms with Crippen molar-refractivity contribution in [2.45, 2.75) is 83.0 Å². The molecule has 1 N–H and O–H groups in total. The summed E-state index contributed by atoms with van der Waals surface area (Å²) >= 11 is 0. The van der Waals surface area contributed by atoms with Crippen LogP contribution >= 0.6 is 0 Å². The molecule has 7 nitrogen and oxygen atoms in total. The highest BCUT2D eigenvalue weighted by atomic mass is 16.5. The lowest BCUT2D eigenvalue weighted by Crippen LogP contribution is -2.08. The smallest absolute Gasteiger partial charge is 0.343 e. The zero-order valence-electron chi connectivity index (χ0n) is 26.1. The molecule has 238 valence electrons. The third kappa shape index (κ3) is 11.6. The zero-order chi connectivity index (χ0) is 31.7. The molecule has 1 aliphatic carbocycles. The van der Waals surface area contributed by atoms with Gasteiger partial charge in [-0.2, -0.15) is 0 Å². The Kier molecular flexibility index (Phi) is 13.7. The molecule has 1 saturated carbocycles. The van der Waals surface area contributed by atoms with Crippen LogP contribution in [-0.2, 0) is 9.53 Å². The normalized spacial score (nSPS) is 13.2. The average molecular weight is 612 g/mol. The third-order valence-electron chi connectivity index (χ3n) is 8.09. The van der Waals surface area contributed by atoms with E-state index in [0.717, 1.165) is 44.2 Å². The summed E-state index contributed by atoms with van der Waals surface area (Å²) in [5, 5.41) is 10.5. The zero-order valence-corrected chi connectivity index (χ0v) is 26.1. The molecule has 4 rings (SSSR count). The Hall–Kier alpha value is -4.39. The molecule has 0 aliphatic heterocycles. The van der Waals surface area contributed by atoms with Gasteiger partial charge in [-0.05, 0) is 85.7 Å². The van der Waals surface area contributed by atoms with Crippen molar-refractivity contribution in [2.75, 3.05) is 13.2 Å². The second-order valence-corrected chi connectivity index (χ2v) is 11.5. The predicted octanol–water partition coefficient (Wildman–Crippen LogP) is 9.25. The maximum Gasteiger partial charge on any atom is 0.343 e. The van der Waals surface area contributed by atoms with E-state index in [4.69, 9.17) is 14.2 Å². The van der Waals surface area contributed by atoms with E-state index < -0.39 is 5.97 Å². The van der Waals surface area contributed by atoms with Crippen molar-refractivity contribution in [3.05, 3.63) is 96.1 Å². The number of carbonyl (C=O) groups excluding carboxylic acids is 2. The molecule has 0 radical (unpaired) electrons. The fraction of sp³-hybridized carbons (Fsp3) is 0.395. The number of carbonyl (C=O) groups is 2. The molecule has 1 fully saturated rings. The lowest BCUT2D eigenvalue weighted by Gasteiger charge is -2.09. The second-order valence-electron chi connectivity index (χ2n) is 11.5. The van der Waals surface area contributed by atoms with E-state index in [9.17, 15) is 14.7 Å². The van der Waals surface area contributed by atoms with E-state index in [2.05, 4.69) is 23.7 Å². The van der Waals surface area contributed by atoms with Crippen molar-refractivity contribution >= 4 is 23.8 Å². The predicted molar refractivity (Wildman–Crippen MR) is 178 cm³/mol. The summed E-state index contributed by atoms with van der Waals surface area (Å²) < 4.78 is 16.3. The van der Waals surface area contributed by atoms with Crippen LogP contribution in [0, 0.1) is 0 Å². The van der Waals surface area contributed by atoms with Gasteiger partial charge < -0.3 is 19.3 Å². The van der Waals surface area contributed by atoms with Gasteiger partial charge in [0.1, 0.15) is 17.2 Å². The average Bonchev–Trinajstić information content (AvgIpc) is 3.60. The number of hydrogen-bond acceptors (Lipinski definition) is 7. The first-order chi connectivity index (χ1) is 22.0. The molecule has 0 heterocycles. The summed E-state index contributed by atoms with van der Waals surface area (Å²) in [7, 11) is 0. The molecule has 3 aromatic carbocycles. The Morgan fingerprint density at radius 2 is 1.42 bits per heavy atom. The van der Waals surface area contributed by atoms with Crippen LogP contribution in [0.4, 0.5) is 5.69 Å². The Labute approximate surface area is 267 Å². The highest BCUT2D eigenvalue weighted by Gasteiger charge is 2.16. The molecular formula is C38H45NO6. The molecule has 0 spiro atoms. The monoisotopic (exact) mass is 611 g/mol. The van der Waals surface area contributed by atoms with Gasteiger partial charge in [0.15, 0.2) is 0 Å². The molecule has 1 aliphatic rings. The van der Waals surface area contributed by atoms with Crippen LogP contribution < -0.4 is 9.47 Å². The first-order valence-corrected chi connectivity index (χ1v) is 16.2. The minimum atomic E-state index is -0.512. The van der Waals surface area contributed by atoms with E-state index in [-0.39, 0.29) is 17.5 Å². The summed E-state index contributed by atoms with van der Waals surface area (Å²) in [6.07, 6.45) is 16.7. The molecule has 0 aromatic heterocycles. The van der Waals surface area contributed by atoms with Gasteiger partial charge in [0, 0.05) is 23.9 Å². The van der Waals surface area contributed by atoms with Crippen molar-refractivity contribution in [2.24, 2.45) is 4.99 Å². The van der Waals surface area contributed by atoms with Crippen LogP contribution in [0.1, 0.15) is 104 Å². The van der Waals surface area contributed by atoms with Crippen molar-refractivity contribution in [1.82, 2.24) is 0 Å². The minimum absolute atomic E-state index is 0.0147. The molecule has 7 heteroatoms. The van der Waals surface area contributed by atoms with E-state index in [0.29, 0.717) is 36.0 Å². The van der Waals surface area contributed by atoms with Gasteiger partial charge in [0.2, 0.25) is 0 Å². The quantitative estimate of drug-likeness (QED) is 0.0507. The van der Waals surface area contributed by atoms with Gasteiger partial charge in [-0.25, -0.2) is 9.59 Å². The standard InChI is InChI=1S/C38H45NO6/c1-2-37(41)44-26-12-8-6-4-3-5-7-11-25-43-34-22-17-31(18-23-34)38(42)45-35-24-19-32(36(40)27-35)28-39-33-20-15-30(16-21-33)29-13-9-10-14-29/h2,15-24,27-29,40H,1,3-14,25-26H2. The molecule has 0 amide bonds. The number of aliphatic imine (C=N–C) groups is 1. The van der Waals surface area contributed by atoms with E-state index in [1.165, 1.54) is 56.2 Å². The summed E-state index contributed by atoms with van der Waals surface area (Å²) in [5.74, 6) is 0.745. The summed E-state index contributed by atoms with van der Waals surface area (Å²) in [5.41, 5.74) is 3.13. The summed E-state index contributed by atoms with van der Waals surface area (Å²) in [4.78, 5) is 28.1. The number of phenols is 1. The third-order valence-corrected chi connectivity index (χ3v) is 8.09. The Morgan fingerprint density at radius 3 is 2.07 bits per heavy atom.